The fourth-order valence-corrected chi connectivity index (χ4v) is 3.49. The Balaban J connectivity index is 1.88. The maximum atomic E-state index is 5.86. The number of halogens is 1. The van der Waals surface area contributed by atoms with Gasteiger partial charge in [-0.3, -0.25) is 0 Å². The Kier molecular flexibility index (Phi) is 3.66. The van der Waals surface area contributed by atoms with Gasteiger partial charge in [-0.1, -0.05) is 22.6 Å². The highest BCUT2D eigenvalue weighted by atomic mass is 127. The molecule has 2 aliphatic rings. The zero-order chi connectivity index (χ0) is 14.2. The van der Waals surface area contributed by atoms with Gasteiger partial charge in [-0.25, -0.2) is 4.98 Å². The number of hydrogen-bond donors (Lipinski definition) is 0. The molecule has 0 N–H and O–H groups in total. The molecule has 20 heavy (non-hydrogen) atoms. The first-order valence-electron chi connectivity index (χ1n) is 6.54. The lowest BCUT2D eigenvalue weighted by molar-refractivity contribution is -0.00611. The SMILES string of the molecule is COC1=CC(I)(Cn2ccnc2)CC2=C1OC(C)CO2. The molecule has 1 aromatic heterocycles. The number of rotatable bonds is 3. The van der Waals surface area contributed by atoms with Crippen molar-refractivity contribution in [3.05, 3.63) is 42.1 Å². The van der Waals surface area contributed by atoms with Crippen molar-refractivity contribution in [3.8, 4) is 0 Å². The van der Waals surface area contributed by atoms with E-state index in [-0.39, 0.29) is 9.53 Å². The van der Waals surface area contributed by atoms with Gasteiger partial charge in [0.25, 0.3) is 0 Å². The Bertz CT molecular complexity index is 553. The zero-order valence-corrected chi connectivity index (χ0v) is 13.7. The van der Waals surface area contributed by atoms with E-state index in [1.54, 1.807) is 13.3 Å². The Morgan fingerprint density at radius 1 is 1.60 bits per heavy atom. The monoisotopic (exact) mass is 388 g/mol. The van der Waals surface area contributed by atoms with Crippen molar-refractivity contribution >= 4 is 22.6 Å². The van der Waals surface area contributed by atoms with Crippen molar-refractivity contribution in [2.24, 2.45) is 0 Å². The van der Waals surface area contributed by atoms with Crippen LogP contribution in [-0.4, -0.2) is 32.8 Å². The number of nitrogens with zero attached hydrogens (tertiary/aromatic N) is 2. The molecule has 3 rings (SSSR count). The van der Waals surface area contributed by atoms with Crippen LogP contribution in [0, 0.1) is 0 Å². The van der Waals surface area contributed by atoms with Crippen LogP contribution >= 0.6 is 22.6 Å². The van der Waals surface area contributed by atoms with Gasteiger partial charge in [0.15, 0.2) is 11.5 Å². The summed E-state index contributed by atoms with van der Waals surface area (Å²) in [5.74, 6) is 2.40. The molecule has 0 aromatic carbocycles. The van der Waals surface area contributed by atoms with Crippen molar-refractivity contribution < 1.29 is 14.2 Å². The highest BCUT2D eigenvalue weighted by Gasteiger charge is 2.38. The van der Waals surface area contributed by atoms with Crippen molar-refractivity contribution in [2.75, 3.05) is 13.7 Å². The van der Waals surface area contributed by atoms with Gasteiger partial charge in [-0.05, 0) is 13.0 Å². The molecule has 108 valence electrons. The fraction of sp³-hybridized carbons (Fsp3) is 0.500. The van der Waals surface area contributed by atoms with Gasteiger partial charge in [0.2, 0.25) is 0 Å². The first-order chi connectivity index (χ1) is 9.59. The van der Waals surface area contributed by atoms with Crippen LogP contribution in [-0.2, 0) is 20.8 Å². The van der Waals surface area contributed by atoms with E-state index in [0.29, 0.717) is 6.61 Å². The molecular weight excluding hydrogens is 371 g/mol. The molecule has 6 heteroatoms. The quantitative estimate of drug-likeness (QED) is 0.590. The number of ether oxygens (including phenoxy) is 3. The maximum Gasteiger partial charge on any atom is 0.199 e. The minimum atomic E-state index is -0.105. The molecule has 2 atom stereocenters. The second-order valence-electron chi connectivity index (χ2n) is 5.15. The third-order valence-electron chi connectivity index (χ3n) is 3.36. The molecule has 0 saturated heterocycles. The summed E-state index contributed by atoms with van der Waals surface area (Å²) in [6.07, 6.45) is 8.54. The minimum Gasteiger partial charge on any atom is -0.493 e. The van der Waals surface area contributed by atoms with Gasteiger partial charge >= 0.3 is 0 Å². The third-order valence-corrected chi connectivity index (χ3v) is 4.39. The molecule has 0 amide bonds. The summed E-state index contributed by atoms with van der Waals surface area (Å²) < 4.78 is 19.2. The van der Waals surface area contributed by atoms with Crippen LogP contribution in [0.5, 0.6) is 0 Å². The van der Waals surface area contributed by atoms with Crippen LogP contribution in [0.1, 0.15) is 13.3 Å². The number of alkyl halides is 1. The highest BCUT2D eigenvalue weighted by Crippen LogP contribution is 2.42. The van der Waals surface area contributed by atoms with Gasteiger partial charge < -0.3 is 18.8 Å². The molecule has 0 radical (unpaired) electrons. The fourth-order valence-electron chi connectivity index (χ4n) is 2.47. The van der Waals surface area contributed by atoms with Crippen molar-refractivity contribution in [1.29, 1.82) is 0 Å². The summed E-state index contributed by atoms with van der Waals surface area (Å²) in [7, 11) is 1.67. The molecule has 1 aliphatic heterocycles. The summed E-state index contributed by atoms with van der Waals surface area (Å²) >= 11 is 2.45. The molecule has 0 saturated carbocycles. The lowest BCUT2D eigenvalue weighted by atomic mass is 9.96. The molecule has 2 heterocycles. The van der Waals surface area contributed by atoms with E-state index in [0.717, 1.165) is 30.2 Å². The van der Waals surface area contributed by atoms with E-state index in [2.05, 4.69) is 38.2 Å². The number of allylic oxidation sites excluding steroid dienone is 2. The Labute approximate surface area is 131 Å². The van der Waals surface area contributed by atoms with Crippen molar-refractivity contribution in [2.45, 2.75) is 29.4 Å². The van der Waals surface area contributed by atoms with Gasteiger partial charge in [0.1, 0.15) is 18.5 Å². The molecule has 1 aliphatic carbocycles. The standard InChI is InChI=1S/C14H17IN2O3/c1-10-7-19-12-6-14(15,8-17-4-3-16-9-17)5-11(18-2)13(12)20-10/h3-5,9-10H,6-8H2,1-2H3. The normalized spacial score (nSPS) is 29.1. The van der Waals surface area contributed by atoms with Crippen LogP contribution in [0.4, 0.5) is 0 Å². The van der Waals surface area contributed by atoms with Gasteiger partial charge in [-0.2, -0.15) is 0 Å². The van der Waals surface area contributed by atoms with Crippen LogP contribution in [0.3, 0.4) is 0 Å². The van der Waals surface area contributed by atoms with Crippen LogP contribution in [0.15, 0.2) is 42.1 Å². The van der Waals surface area contributed by atoms with Gasteiger partial charge in [-0.15, -0.1) is 0 Å². The van der Waals surface area contributed by atoms with Gasteiger partial charge in [0, 0.05) is 25.4 Å². The molecule has 0 bridgehead atoms. The largest absolute Gasteiger partial charge is 0.493 e. The minimum absolute atomic E-state index is 0.0580. The van der Waals surface area contributed by atoms with Crippen LogP contribution < -0.4 is 0 Å². The Hall–Kier alpha value is -1.18. The van der Waals surface area contributed by atoms with E-state index in [1.807, 2.05) is 19.4 Å². The number of imidazole rings is 1. The summed E-state index contributed by atoms with van der Waals surface area (Å²) in [5, 5.41) is 0. The number of hydrogen-bond acceptors (Lipinski definition) is 4. The molecule has 0 fully saturated rings. The predicted octanol–water partition coefficient (Wildman–Crippen LogP) is 2.64. The van der Waals surface area contributed by atoms with E-state index < -0.39 is 0 Å². The Morgan fingerprint density at radius 2 is 2.45 bits per heavy atom. The highest BCUT2D eigenvalue weighted by molar-refractivity contribution is 14.1. The molecular formula is C14H17IN2O3. The predicted molar refractivity (Wildman–Crippen MR) is 82.2 cm³/mol. The van der Waals surface area contributed by atoms with Gasteiger partial charge in [0.05, 0.1) is 16.9 Å². The van der Waals surface area contributed by atoms with Crippen molar-refractivity contribution in [3.63, 3.8) is 0 Å². The van der Waals surface area contributed by atoms with Crippen molar-refractivity contribution in [1.82, 2.24) is 9.55 Å². The van der Waals surface area contributed by atoms with E-state index in [9.17, 15) is 0 Å². The first kappa shape index (κ1) is 13.8. The molecule has 2 unspecified atom stereocenters. The second kappa shape index (κ2) is 5.31. The van der Waals surface area contributed by atoms with Crippen LogP contribution in [0.2, 0.25) is 0 Å². The lowest BCUT2D eigenvalue weighted by Gasteiger charge is -2.36. The second-order valence-corrected chi connectivity index (χ2v) is 7.30. The maximum absolute atomic E-state index is 5.86. The zero-order valence-electron chi connectivity index (χ0n) is 11.5. The molecule has 1 aromatic rings. The molecule has 0 spiro atoms. The number of aromatic nitrogens is 2. The lowest BCUT2D eigenvalue weighted by Crippen LogP contribution is -2.34. The Morgan fingerprint density at radius 3 is 3.15 bits per heavy atom. The summed E-state index contributed by atoms with van der Waals surface area (Å²) in [4.78, 5) is 4.09. The average molecular weight is 388 g/mol. The van der Waals surface area contributed by atoms with E-state index in [1.165, 1.54) is 0 Å². The molecule has 5 nitrogen and oxygen atoms in total. The summed E-state index contributed by atoms with van der Waals surface area (Å²) in [5.41, 5.74) is 0. The van der Waals surface area contributed by atoms with E-state index in [4.69, 9.17) is 14.2 Å². The smallest absolute Gasteiger partial charge is 0.199 e. The topological polar surface area (TPSA) is 45.5 Å². The third kappa shape index (κ3) is 2.65. The van der Waals surface area contributed by atoms with Crippen LogP contribution in [0.25, 0.3) is 0 Å². The number of methoxy groups -OCH3 is 1. The summed E-state index contributed by atoms with van der Waals surface area (Å²) in [6.45, 7) is 3.40. The van der Waals surface area contributed by atoms with E-state index >= 15 is 0 Å². The average Bonchev–Trinajstić information content (AvgIpc) is 2.91. The first-order valence-corrected chi connectivity index (χ1v) is 7.62. The summed E-state index contributed by atoms with van der Waals surface area (Å²) in [6, 6.07) is 0.